The number of hydrogen-bond donors (Lipinski definition) is 0. The Labute approximate surface area is 75.2 Å². The van der Waals surface area contributed by atoms with E-state index in [9.17, 15) is 0 Å². The molecule has 1 aromatic rings. The summed E-state index contributed by atoms with van der Waals surface area (Å²) in [6.07, 6.45) is 1.04. The summed E-state index contributed by atoms with van der Waals surface area (Å²) in [5.74, 6) is 0. The fourth-order valence-corrected chi connectivity index (χ4v) is 1.78. The summed E-state index contributed by atoms with van der Waals surface area (Å²) in [6.45, 7) is 4.20. The first kappa shape index (κ1) is 9.03. The first-order valence-electron chi connectivity index (χ1n) is 3.69. The highest BCUT2D eigenvalue weighted by atomic mass is 35.5. The number of aryl methyl sites for hydroxylation is 2. The Morgan fingerprint density at radius 1 is 1.45 bits per heavy atom. The minimum Gasteiger partial charge on any atom is -0.104 e. The molecule has 0 nitrogen and oxygen atoms in total. The molecular weight excluding hydrogens is 175 g/mol. The van der Waals surface area contributed by atoms with E-state index in [1.54, 1.807) is 0 Å². The summed E-state index contributed by atoms with van der Waals surface area (Å²) in [6, 6.07) is 4.16. The van der Waals surface area contributed by atoms with Gasteiger partial charge in [0.15, 0.2) is 0 Å². The zero-order valence-electron chi connectivity index (χ0n) is 6.82. The Bertz CT molecular complexity index is 269. The molecule has 1 aromatic carbocycles. The van der Waals surface area contributed by atoms with Crippen LogP contribution in [-0.4, -0.2) is 0 Å². The lowest BCUT2D eigenvalue weighted by Gasteiger charge is -2.05. The Morgan fingerprint density at radius 2 is 2.09 bits per heavy atom. The topological polar surface area (TPSA) is 0 Å². The van der Waals surface area contributed by atoms with E-state index >= 15 is 0 Å². The molecule has 60 valence electrons. The number of hydrogen-bond acceptors (Lipinski definition) is 0. The maximum Gasteiger partial charge on any atom is 0.0482 e. The third-order valence-electron chi connectivity index (χ3n) is 1.74. The number of rotatable bonds is 1. The van der Waals surface area contributed by atoms with Crippen LogP contribution in [-0.2, 0) is 6.42 Å². The van der Waals surface area contributed by atoms with Gasteiger partial charge in [-0.15, -0.1) is 9.24 Å². The van der Waals surface area contributed by atoms with Crippen molar-refractivity contribution in [1.82, 2.24) is 0 Å². The Kier molecular flexibility index (Phi) is 2.92. The molecule has 1 unspecified atom stereocenters. The molecule has 0 saturated heterocycles. The van der Waals surface area contributed by atoms with E-state index < -0.39 is 0 Å². The van der Waals surface area contributed by atoms with Gasteiger partial charge >= 0.3 is 0 Å². The second-order valence-corrected chi connectivity index (χ2v) is 3.66. The van der Waals surface area contributed by atoms with Crippen LogP contribution < -0.4 is 5.30 Å². The molecule has 1 atom stereocenters. The van der Waals surface area contributed by atoms with E-state index in [0.717, 1.165) is 16.7 Å². The highest BCUT2D eigenvalue weighted by molar-refractivity contribution is 7.28. The minimum absolute atomic E-state index is 0.854. The molecule has 0 aliphatic carbocycles. The van der Waals surface area contributed by atoms with E-state index in [0.29, 0.717) is 0 Å². The summed E-state index contributed by atoms with van der Waals surface area (Å²) in [5, 5.41) is 1.99. The second kappa shape index (κ2) is 3.56. The molecule has 2 heteroatoms. The van der Waals surface area contributed by atoms with E-state index in [1.165, 1.54) is 11.1 Å². The molecule has 11 heavy (non-hydrogen) atoms. The minimum atomic E-state index is 0.854. The predicted molar refractivity (Wildman–Crippen MR) is 54.9 cm³/mol. The first-order valence-corrected chi connectivity index (χ1v) is 4.65. The highest BCUT2D eigenvalue weighted by Crippen LogP contribution is 2.15. The van der Waals surface area contributed by atoms with Crippen LogP contribution in [0.25, 0.3) is 0 Å². The summed E-state index contributed by atoms with van der Waals surface area (Å²) in [4.78, 5) is 0. The van der Waals surface area contributed by atoms with Crippen LogP contribution in [0.3, 0.4) is 0 Å². The molecular formula is C9H12ClP. The fraction of sp³-hybridized carbons (Fsp3) is 0.333. The van der Waals surface area contributed by atoms with Crippen LogP contribution in [0.2, 0.25) is 5.02 Å². The average molecular weight is 187 g/mol. The third kappa shape index (κ3) is 1.95. The first-order chi connectivity index (χ1) is 5.15. The maximum absolute atomic E-state index is 5.98. The van der Waals surface area contributed by atoms with Crippen molar-refractivity contribution in [2.75, 3.05) is 0 Å². The fourth-order valence-electron chi connectivity index (χ4n) is 1.12. The van der Waals surface area contributed by atoms with Gasteiger partial charge in [-0.25, -0.2) is 0 Å². The maximum atomic E-state index is 5.98. The average Bonchev–Trinajstić information content (AvgIpc) is 1.96. The van der Waals surface area contributed by atoms with Crippen molar-refractivity contribution in [1.29, 1.82) is 0 Å². The van der Waals surface area contributed by atoms with Gasteiger partial charge in [0.05, 0.1) is 0 Å². The van der Waals surface area contributed by atoms with Gasteiger partial charge in [0.25, 0.3) is 0 Å². The smallest absolute Gasteiger partial charge is 0.0482 e. The quantitative estimate of drug-likeness (QED) is 0.592. The normalized spacial score (nSPS) is 10.2. The highest BCUT2D eigenvalue weighted by Gasteiger charge is 2.01. The van der Waals surface area contributed by atoms with Crippen molar-refractivity contribution in [3.05, 3.63) is 28.3 Å². The molecule has 0 aromatic heterocycles. The number of halogens is 1. The molecule has 0 radical (unpaired) electrons. The molecule has 0 saturated carbocycles. The van der Waals surface area contributed by atoms with E-state index in [4.69, 9.17) is 11.6 Å². The van der Waals surface area contributed by atoms with Crippen LogP contribution >= 0.6 is 20.8 Å². The van der Waals surface area contributed by atoms with Crippen LogP contribution in [0.5, 0.6) is 0 Å². The molecule has 0 fully saturated rings. The van der Waals surface area contributed by atoms with Gasteiger partial charge in [0, 0.05) is 5.02 Å². The van der Waals surface area contributed by atoms with Gasteiger partial charge in [-0.3, -0.25) is 0 Å². The van der Waals surface area contributed by atoms with Crippen molar-refractivity contribution in [2.45, 2.75) is 20.3 Å². The van der Waals surface area contributed by atoms with Crippen molar-refractivity contribution >= 4 is 26.1 Å². The molecule has 0 spiro atoms. The number of benzene rings is 1. The molecule has 1 rings (SSSR count). The van der Waals surface area contributed by atoms with Gasteiger partial charge < -0.3 is 0 Å². The van der Waals surface area contributed by atoms with Gasteiger partial charge in [-0.05, 0) is 35.8 Å². The molecule has 0 bridgehead atoms. The standard InChI is InChI=1S/C9H12ClP/c1-3-7-4-6(2)5-8(10)9(7)11/h4-5H,3,11H2,1-2H3. The van der Waals surface area contributed by atoms with E-state index in [1.807, 2.05) is 6.07 Å². The molecule has 0 N–H and O–H groups in total. The van der Waals surface area contributed by atoms with Crippen LogP contribution in [0.15, 0.2) is 12.1 Å². The molecule has 0 aliphatic rings. The van der Waals surface area contributed by atoms with Gasteiger partial charge in [-0.2, -0.15) is 0 Å². The Hall–Kier alpha value is -0.0600. The predicted octanol–water partition coefficient (Wildman–Crippen LogP) is 2.71. The lowest BCUT2D eigenvalue weighted by atomic mass is 10.1. The summed E-state index contributed by atoms with van der Waals surface area (Å²) in [5.41, 5.74) is 2.55. The SMILES string of the molecule is CCc1cc(C)cc(Cl)c1P. The third-order valence-corrected chi connectivity index (χ3v) is 2.92. The Balaban J connectivity index is 3.24. The summed E-state index contributed by atoms with van der Waals surface area (Å²) < 4.78 is 0. The van der Waals surface area contributed by atoms with Crippen LogP contribution in [0.1, 0.15) is 18.1 Å². The molecule has 0 heterocycles. The van der Waals surface area contributed by atoms with Crippen LogP contribution in [0, 0.1) is 6.92 Å². The van der Waals surface area contributed by atoms with Gasteiger partial charge in [0.1, 0.15) is 0 Å². The lowest BCUT2D eigenvalue weighted by Crippen LogP contribution is -2.02. The van der Waals surface area contributed by atoms with Crippen molar-refractivity contribution in [2.24, 2.45) is 0 Å². The zero-order chi connectivity index (χ0) is 8.43. The Morgan fingerprint density at radius 3 is 2.64 bits per heavy atom. The molecule has 0 aliphatic heterocycles. The molecule has 0 amide bonds. The summed E-state index contributed by atoms with van der Waals surface area (Å²) >= 11 is 5.98. The second-order valence-electron chi connectivity index (χ2n) is 2.67. The lowest BCUT2D eigenvalue weighted by molar-refractivity contribution is 1.15. The van der Waals surface area contributed by atoms with Gasteiger partial charge in [0.2, 0.25) is 0 Å². The van der Waals surface area contributed by atoms with Crippen molar-refractivity contribution in [3.8, 4) is 0 Å². The van der Waals surface area contributed by atoms with E-state index in [2.05, 4.69) is 29.2 Å². The summed E-state index contributed by atoms with van der Waals surface area (Å²) in [7, 11) is 2.68. The monoisotopic (exact) mass is 186 g/mol. The van der Waals surface area contributed by atoms with Crippen LogP contribution in [0.4, 0.5) is 0 Å². The van der Waals surface area contributed by atoms with Crippen molar-refractivity contribution in [3.63, 3.8) is 0 Å². The largest absolute Gasteiger partial charge is 0.104 e. The van der Waals surface area contributed by atoms with Gasteiger partial charge in [-0.1, -0.05) is 24.6 Å². The van der Waals surface area contributed by atoms with Crippen molar-refractivity contribution < 1.29 is 0 Å². The van der Waals surface area contributed by atoms with E-state index in [-0.39, 0.29) is 0 Å². The zero-order valence-corrected chi connectivity index (χ0v) is 8.73.